The van der Waals surface area contributed by atoms with E-state index in [4.69, 9.17) is 16.3 Å². The third kappa shape index (κ3) is 5.99. The summed E-state index contributed by atoms with van der Waals surface area (Å²) in [5, 5.41) is 3.44. The monoisotopic (exact) mass is 464 g/mol. The maximum absolute atomic E-state index is 12.9. The second-order valence-corrected chi connectivity index (χ2v) is 10.5. The van der Waals surface area contributed by atoms with Crippen LogP contribution in [-0.2, 0) is 14.8 Å². The molecule has 0 bridgehead atoms. The quantitative estimate of drug-likeness (QED) is 0.673. The molecular weight excluding hydrogens is 436 g/mol. The molecule has 1 N–H and O–H groups in total. The summed E-state index contributed by atoms with van der Waals surface area (Å²) in [5.41, 5.74) is 2.35. The van der Waals surface area contributed by atoms with Gasteiger partial charge in [-0.05, 0) is 81.1 Å². The largest absolute Gasteiger partial charge is 0.491 e. The van der Waals surface area contributed by atoms with Crippen LogP contribution in [0, 0.1) is 19.8 Å². The Morgan fingerprint density at radius 1 is 1.19 bits per heavy atom. The van der Waals surface area contributed by atoms with E-state index in [1.807, 2.05) is 39.0 Å². The molecule has 1 aliphatic heterocycles. The summed E-state index contributed by atoms with van der Waals surface area (Å²) >= 11 is 5.87. The van der Waals surface area contributed by atoms with Crippen molar-refractivity contribution in [1.82, 2.24) is 9.62 Å². The van der Waals surface area contributed by atoms with Gasteiger partial charge in [-0.3, -0.25) is 4.79 Å². The van der Waals surface area contributed by atoms with Gasteiger partial charge in [0.2, 0.25) is 15.9 Å². The zero-order valence-corrected chi connectivity index (χ0v) is 19.7. The first-order valence-corrected chi connectivity index (χ1v) is 12.2. The van der Waals surface area contributed by atoms with Crippen molar-refractivity contribution < 1.29 is 17.9 Å². The lowest BCUT2D eigenvalue weighted by Crippen LogP contribution is -2.48. The zero-order chi connectivity index (χ0) is 22.6. The highest BCUT2D eigenvalue weighted by atomic mass is 35.5. The van der Waals surface area contributed by atoms with Crippen molar-refractivity contribution in [2.45, 2.75) is 44.6 Å². The number of ether oxygens (including phenoxy) is 1. The highest BCUT2D eigenvalue weighted by Crippen LogP contribution is 2.25. The smallest absolute Gasteiger partial charge is 0.243 e. The van der Waals surface area contributed by atoms with Crippen molar-refractivity contribution in [3.05, 3.63) is 58.6 Å². The lowest BCUT2D eigenvalue weighted by atomic mass is 9.98. The van der Waals surface area contributed by atoms with Crippen molar-refractivity contribution in [2.24, 2.45) is 5.92 Å². The van der Waals surface area contributed by atoms with Gasteiger partial charge < -0.3 is 10.1 Å². The molecule has 1 aliphatic rings. The number of hydrogen-bond acceptors (Lipinski definition) is 4. The molecule has 3 rings (SSSR count). The predicted octanol–water partition coefficient (Wildman–Crippen LogP) is 3.94. The van der Waals surface area contributed by atoms with E-state index in [0.717, 1.165) is 11.3 Å². The van der Waals surface area contributed by atoms with Crippen molar-refractivity contribution in [1.29, 1.82) is 0 Å². The highest BCUT2D eigenvalue weighted by molar-refractivity contribution is 7.89. The minimum Gasteiger partial charge on any atom is -0.491 e. The van der Waals surface area contributed by atoms with Crippen LogP contribution in [0.25, 0.3) is 0 Å². The van der Waals surface area contributed by atoms with Crippen LogP contribution in [0.1, 0.15) is 30.9 Å². The first-order valence-electron chi connectivity index (χ1n) is 10.4. The van der Waals surface area contributed by atoms with Gasteiger partial charge in [-0.1, -0.05) is 17.7 Å². The van der Waals surface area contributed by atoms with Gasteiger partial charge >= 0.3 is 0 Å². The van der Waals surface area contributed by atoms with Crippen molar-refractivity contribution in [3.63, 3.8) is 0 Å². The van der Waals surface area contributed by atoms with Gasteiger partial charge in [-0.2, -0.15) is 4.31 Å². The minimum absolute atomic E-state index is 0.146. The molecule has 0 aliphatic carbocycles. The topological polar surface area (TPSA) is 75.7 Å². The summed E-state index contributed by atoms with van der Waals surface area (Å²) < 4.78 is 33.1. The molecule has 8 heteroatoms. The highest BCUT2D eigenvalue weighted by Gasteiger charge is 2.33. The molecule has 1 saturated heterocycles. The second-order valence-electron chi connectivity index (χ2n) is 8.12. The fourth-order valence-corrected chi connectivity index (χ4v) is 5.21. The molecule has 1 fully saturated rings. The predicted molar refractivity (Wildman–Crippen MR) is 122 cm³/mol. The van der Waals surface area contributed by atoms with Gasteiger partial charge in [-0.25, -0.2) is 8.42 Å². The number of carbonyl (C=O) groups is 1. The summed E-state index contributed by atoms with van der Waals surface area (Å²) in [6, 6.07) is 11.8. The van der Waals surface area contributed by atoms with E-state index in [1.165, 1.54) is 22.0 Å². The molecule has 168 valence electrons. The Bertz CT molecular complexity index is 1020. The van der Waals surface area contributed by atoms with E-state index in [0.29, 0.717) is 31.0 Å². The summed E-state index contributed by atoms with van der Waals surface area (Å²) in [5.74, 6) is 0.231. The van der Waals surface area contributed by atoms with Crippen molar-refractivity contribution in [3.8, 4) is 5.75 Å². The van der Waals surface area contributed by atoms with Crippen LogP contribution in [0.15, 0.2) is 47.4 Å². The maximum atomic E-state index is 12.9. The average Bonchev–Trinajstić information content (AvgIpc) is 2.75. The number of halogens is 1. The summed E-state index contributed by atoms with van der Waals surface area (Å²) in [6.45, 7) is 6.86. The second kappa shape index (κ2) is 10.0. The molecule has 2 aromatic rings. The number of hydrogen-bond donors (Lipinski definition) is 1. The van der Waals surface area contributed by atoms with Crippen LogP contribution >= 0.6 is 11.6 Å². The Hall–Kier alpha value is -2.09. The molecule has 1 amide bonds. The lowest BCUT2D eigenvalue weighted by molar-refractivity contribution is -0.126. The molecule has 0 unspecified atom stereocenters. The van der Waals surface area contributed by atoms with Crippen LogP contribution in [0.3, 0.4) is 0 Å². The van der Waals surface area contributed by atoms with Crippen molar-refractivity contribution >= 4 is 27.5 Å². The maximum Gasteiger partial charge on any atom is 0.243 e. The number of rotatable bonds is 7. The van der Waals surface area contributed by atoms with E-state index in [9.17, 15) is 13.2 Å². The number of sulfonamides is 1. The summed E-state index contributed by atoms with van der Waals surface area (Å²) in [6.07, 6.45) is 1.29. The van der Waals surface area contributed by atoms with Gasteiger partial charge in [-0.15, -0.1) is 0 Å². The lowest BCUT2D eigenvalue weighted by Gasteiger charge is -2.31. The fraction of sp³-hybridized carbons (Fsp3) is 0.435. The number of benzene rings is 2. The number of nitrogens with zero attached hydrogens (tertiary/aromatic N) is 1. The third-order valence-corrected chi connectivity index (χ3v) is 7.70. The normalized spacial score (nSPS) is 18.4. The van der Waals surface area contributed by atoms with E-state index >= 15 is 0 Å². The Kier molecular flexibility index (Phi) is 7.62. The number of amides is 1. The molecule has 0 radical (unpaired) electrons. The van der Waals surface area contributed by atoms with Crippen LogP contribution in [0.5, 0.6) is 5.75 Å². The fourth-order valence-electron chi connectivity index (χ4n) is 3.56. The molecule has 2 atom stereocenters. The standard InChI is InChI=1S/C23H29ClN2O4S/c1-16-6-9-21(13-17(16)2)30-15-18(3)25-23(27)19-5-4-12-26(14-19)31(28,29)22-10-7-20(24)8-11-22/h6-11,13,18-19H,4-5,12,14-15H2,1-3H3,(H,25,27)/t18-,19-/m0/s1. The Morgan fingerprint density at radius 3 is 2.58 bits per heavy atom. The Balaban J connectivity index is 1.56. The SMILES string of the molecule is Cc1ccc(OC[C@H](C)NC(=O)[C@H]2CCCN(S(=O)(=O)c3ccc(Cl)cc3)C2)cc1C. The first-order chi connectivity index (χ1) is 14.7. The molecule has 6 nitrogen and oxygen atoms in total. The van der Waals surface area contributed by atoms with Gasteiger partial charge in [0, 0.05) is 18.1 Å². The van der Waals surface area contributed by atoms with Gasteiger partial charge in [0.1, 0.15) is 12.4 Å². The van der Waals surface area contributed by atoms with Crippen LogP contribution in [-0.4, -0.2) is 44.4 Å². The van der Waals surface area contributed by atoms with Gasteiger partial charge in [0.15, 0.2) is 0 Å². The van der Waals surface area contributed by atoms with Gasteiger partial charge in [0.05, 0.1) is 16.9 Å². The minimum atomic E-state index is -3.66. The van der Waals surface area contributed by atoms with Gasteiger partial charge in [0.25, 0.3) is 0 Å². The van der Waals surface area contributed by atoms with Crippen LogP contribution in [0.4, 0.5) is 0 Å². The molecule has 0 saturated carbocycles. The van der Waals surface area contributed by atoms with Crippen molar-refractivity contribution in [2.75, 3.05) is 19.7 Å². The average molecular weight is 465 g/mol. The molecule has 2 aromatic carbocycles. The molecule has 0 spiro atoms. The molecule has 0 aromatic heterocycles. The van der Waals surface area contributed by atoms with E-state index in [1.54, 1.807) is 12.1 Å². The molecule has 1 heterocycles. The molecule has 31 heavy (non-hydrogen) atoms. The van der Waals surface area contributed by atoms with E-state index < -0.39 is 10.0 Å². The third-order valence-electron chi connectivity index (χ3n) is 5.57. The van der Waals surface area contributed by atoms with Crippen LogP contribution < -0.4 is 10.1 Å². The van der Waals surface area contributed by atoms with E-state index in [-0.39, 0.29) is 29.3 Å². The Labute approximate surface area is 189 Å². The number of piperidine rings is 1. The van der Waals surface area contributed by atoms with E-state index in [2.05, 4.69) is 5.32 Å². The zero-order valence-electron chi connectivity index (χ0n) is 18.1. The number of aryl methyl sites for hydroxylation is 2. The number of nitrogens with one attached hydrogen (secondary N) is 1. The molecular formula is C23H29ClN2O4S. The number of carbonyl (C=O) groups excluding carboxylic acids is 1. The summed E-state index contributed by atoms with van der Waals surface area (Å²) in [7, 11) is -3.66. The first kappa shape index (κ1) is 23.6. The summed E-state index contributed by atoms with van der Waals surface area (Å²) in [4.78, 5) is 13.0. The Morgan fingerprint density at radius 2 is 1.90 bits per heavy atom. The van der Waals surface area contributed by atoms with Crippen LogP contribution in [0.2, 0.25) is 5.02 Å².